The molecule has 1 atom stereocenters. The molecule has 7 heteroatoms. The van der Waals surface area contributed by atoms with Crippen molar-refractivity contribution < 1.29 is 9.90 Å². The minimum absolute atomic E-state index is 0.0209. The molecule has 1 aromatic carbocycles. The molecule has 1 fully saturated rings. The van der Waals surface area contributed by atoms with Crippen LogP contribution in [0.1, 0.15) is 6.92 Å². The van der Waals surface area contributed by atoms with E-state index in [-0.39, 0.29) is 17.8 Å². The summed E-state index contributed by atoms with van der Waals surface area (Å²) in [6, 6.07) is 9.04. The van der Waals surface area contributed by atoms with Crippen LogP contribution in [0.5, 0.6) is 5.75 Å². The summed E-state index contributed by atoms with van der Waals surface area (Å²) in [5, 5.41) is 16.5. The minimum Gasteiger partial charge on any atom is -0.508 e. The Morgan fingerprint density at radius 2 is 1.96 bits per heavy atom. The van der Waals surface area contributed by atoms with Crippen LogP contribution >= 0.6 is 0 Å². The van der Waals surface area contributed by atoms with Gasteiger partial charge in [-0.3, -0.25) is 4.68 Å². The van der Waals surface area contributed by atoms with Gasteiger partial charge in [-0.25, -0.2) is 4.79 Å². The maximum atomic E-state index is 12.4. The lowest BCUT2D eigenvalue weighted by Crippen LogP contribution is -2.53. The maximum absolute atomic E-state index is 12.4. The second kappa shape index (κ2) is 7.25. The zero-order valence-electron chi connectivity index (χ0n) is 13.8. The lowest BCUT2D eigenvalue weighted by molar-refractivity contribution is 0.189. The van der Waals surface area contributed by atoms with Gasteiger partial charge >= 0.3 is 6.03 Å². The number of hydrogen-bond acceptors (Lipinski definition) is 4. The number of carbonyl (C=O) groups is 1. The van der Waals surface area contributed by atoms with E-state index in [9.17, 15) is 9.90 Å². The van der Waals surface area contributed by atoms with Crippen LogP contribution in [-0.2, 0) is 6.54 Å². The zero-order chi connectivity index (χ0) is 16.9. The molecule has 0 saturated carbocycles. The lowest BCUT2D eigenvalue weighted by Gasteiger charge is -2.36. The van der Waals surface area contributed by atoms with Crippen LogP contribution < -0.4 is 10.2 Å². The number of benzene rings is 1. The minimum atomic E-state index is -0.0278. The smallest absolute Gasteiger partial charge is 0.317 e. The van der Waals surface area contributed by atoms with Crippen molar-refractivity contribution in [2.75, 3.05) is 31.1 Å². The summed E-state index contributed by atoms with van der Waals surface area (Å²) in [7, 11) is 0. The van der Waals surface area contributed by atoms with Gasteiger partial charge in [-0.05, 0) is 37.3 Å². The molecule has 2 aromatic rings. The largest absolute Gasteiger partial charge is 0.508 e. The van der Waals surface area contributed by atoms with Crippen molar-refractivity contribution in [1.29, 1.82) is 0 Å². The maximum Gasteiger partial charge on any atom is 0.317 e. The fourth-order valence-corrected chi connectivity index (χ4v) is 2.87. The van der Waals surface area contributed by atoms with E-state index in [1.165, 1.54) is 0 Å². The average Bonchev–Trinajstić information content (AvgIpc) is 3.08. The number of rotatable bonds is 4. The van der Waals surface area contributed by atoms with Gasteiger partial charge in [-0.1, -0.05) is 0 Å². The number of hydrogen-bond donors (Lipinski definition) is 2. The SMILES string of the molecule is C[C@H](Cn1cccn1)NC(=O)N1CCN(c2ccc(O)cc2)CC1. The van der Waals surface area contributed by atoms with E-state index in [0.29, 0.717) is 19.6 Å². The van der Waals surface area contributed by atoms with Crippen LogP contribution in [0.3, 0.4) is 0 Å². The highest BCUT2D eigenvalue weighted by Gasteiger charge is 2.22. The highest BCUT2D eigenvalue weighted by Crippen LogP contribution is 2.19. The molecule has 1 aliphatic heterocycles. The zero-order valence-corrected chi connectivity index (χ0v) is 13.8. The Morgan fingerprint density at radius 1 is 1.25 bits per heavy atom. The molecule has 1 aliphatic rings. The first kappa shape index (κ1) is 16.2. The van der Waals surface area contributed by atoms with Gasteiger partial charge < -0.3 is 20.2 Å². The van der Waals surface area contributed by atoms with Gasteiger partial charge in [-0.2, -0.15) is 5.10 Å². The third-order valence-corrected chi connectivity index (χ3v) is 4.17. The highest BCUT2D eigenvalue weighted by molar-refractivity contribution is 5.74. The molecule has 7 nitrogen and oxygen atoms in total. The molecule has 0 spiro atoms. The quantitative estimate of drug-likeness (QED) is 0.892. The Morgan fingerprint density at radius 3 is 2.58 bits per heavy atom. The Bertz CT molecular complexity index is 648. The standard InChI is InChI=1S/C17H23N5O2/c1-14(13-22-8-2-7-18-22)19-17(24)21-11-9-20(10-12-21)15-3-5-16(23)6-4-15/h2-8,14,23H,9-13H2,1H3,(H,19,24)/t14-/m1/s1. The van der Waals surface area contributed by atoms with E-state index < -0.39 is 0 Å². The Hall–Kier alpha value is -2.70. The first-order valence-electron chi connectivity index (χ1n) is 8.18. The number of aromatic hydroxyl groups is 1. The number of anilines is 1. The van der Waals surface area contributed by atoms with E-state index in [0.717, 1.165) is 18.8 Å². The van der Waals surface area contributed by atoms with Gasteiger partial charge in [0.1, 0.15) is 5.75 Å². The highest BCUT2D eigenvalue weighted by atomic mass is 16.3. The van der Waals surface area contributed by atoms with Crippen LogP contribution in [0.2, 0.25) is 0 Å². The van der Waals surface area contributed by atoms with Gasteiger partial charge in [0, 0.05) is 50.3 Å². The van der Waals surface area contributed by atoms with E-state index in [1.807, 2.05) is 40.9 Å². The number of aromatic nitrogens is 2. The number of carbonyl (C=O) groups excluding carboxylic acids is 1. The summed E-state index contributed by atoms with van der Waals surface area (Å²) in [5.41, 5.74) is 1.07. The topological polar surface area (TPSA) is 73.6 Å². The average molecular weight is 329 g/mol. The number of nitrogens with zero attached hydrogens (tertiary/aromatic N) is 4. The summed E-state index contributed by atoms with van der Waals surface area (Å²) >= 11 is 0. The lowest BCUT2D eigenvalue weighted by atomic mass is 10.2. The molecule has 3 rings (SSSR count). The molecular weight excluding hydrogens is 306 g/mol. The second-order valence-electron chi connectivity index (χ2n) is 6.07. The molecule has 2 amide bonds. The monoisotopic (exact) mass is 329 g/mol. The second-order valence-corrected chi connectivity index (χ2v) is 6.07. The first-order chi connectivity index (χ1) is 11.6. The van der Waals surface area contributed by atoms with Gasteiger partial charge in [0.15, 0.2) is 0 Å². The number of phenols is 1. The molecule has 1 aromatic heterocycles. The van der Waals surface area contributed by atoms with Crippen LogP contribution in [0.25, 0.3) is 0 Å². The third-order valence-electron chi connectivity index (χ3n) is 4.17. The summed E-state index contributed by atoms with van der Waals surface area (Å²) in [5.74, 6) is 0.267. The van der Waals surface area contributed by atoms with Crippen LogP contribution in [0.15, 0.2) is 42.7 Å². The van der Waals surface area contributed by atoms with Crippen molar-refractivity contribution in [3.05, 3.63) is 42.7 Å². The Kier molecular flexibility index (Phi) is 4.88. The summed E-state index contributed by atoms with van der Waals surface area (Å²) < 4.78 is 1.81. The summed E-state index contributed by atoms with van der Waals surface area (Å²) in [6.45, 7) is 5.57. The van der Waals surface area contributed by atoms with Crippen molar-refractivity contribution in [1.82, 2.24) is 20.0 Å². The van der Waals surface area contributed by atoms with Crippen molar-refractivity contribution in [3.63, 3.8) is 0 Å². The molecule has 0 radical (unpaired) electrons. The van der Waals surface area contributed by atoms with E-state index >= 15 is 0 Å². The van der Waals surface area contributed by atoms with Crippen LogP contribution in [0, 0.1) is 0 Å². The predicted molar refractivity (Wildman–Crippen MR) is 92.1 cm³/mol. The fourth-order valence-electron chi connectivity index (χ4n) is 2.87. The molecule has 0 bridgehead atoms. The normalized spacial score (nSPS) is 16.0. The van der Waals surface area contributed by atoms with Crippen LogP contribution in [0.4, 0.5) is 10.5 Å². The van der Waals surface area contributed by atoms with Crippen molar-refractivity contribution in [3.8, 4) is 5.75 Å². The van der Waals surface area contributed by atoms with Crippen molar-refractivity contribution in [2.45, 2.75) is 19.5 Å². The Balaban J connectivity index is 1.47. The van der Waals surface area contributed by atoms with E-state index in [2.05, 4.69) is 15.3 Å². The molecular formula is C17H23N5O2. The van der Waals surface area contributed by atoms with E-state index in [4.69, 9.17) is 0 Å². The molecule has 0 aliphatic carbocycles. The van der Waals surface area contributed by atoms with Crippen molar-refractivity contribution >= 4 is 11.7 Å². The molecule has 0 unspecified atom stereocenters. The Labute approximate surface area is 141 Å². The van der Waals surface area contributed by atoms with Gasteiger partial charge in [0.05, 0.1) is 6.54 Å². The first-order valence-corrected chi connectivity index (χ1v) is 8.18. The van der Waals surface area contributed by atoms with Crippen LogP contribution in [-0.4, -0.2) is 58.0 Å². The van der Waals surface area contributed by atoms with Gasteiger partial charge in [0.25, 0.3) is 0 Å². The van der Waals surface area contributed by atoms with E-state index in [1.54, 1.807) is 18.3 Å². The number of amides is 2. The molecule has 1 saturated heterocycles. The predicted octanol–water partition coefficient (Wildman–Crippen LogP) is 1.51. The number of urea groups is 1. The number of piperazine rings is 1. The molecule has 2 N–H and O–H groups in total. The van der Waals surface area contributed by atoms with Gasteiger partial charge in [0.2, 0.25) is 0 Å². The molecule has 24 heavy (non-hydrogen) atoms. The number of nitrogens with one attached hydrogen (secondary N) is 1. The summed E-state index contributed by atoms with van der Waals surface area (Å²) in [4.78, 5) is 16.4. The third kappa shape index (κ3) is 3.98. The van der Waals surface area contributed by atoms with Gasteiger partial charge in [-0.15, -0.1) is 0 Å². The summed E-state index contributed by atoms with van der Waals surface area (Å²) in [6.07, 6.45) is 3.62. The number of phenolic OH excluding ortho intramolecular Hbond substituents is 1. The fraction of sp³-hybridized carbons (Fsp3) is 0.412. The van der Waals surface area contributed by atoms with Crippen molar-refractivity contribution in [2.24, 2.45) is 0 Å². The molecule has 128 valence electrons. The molecule has 2 heterocycles.